The normalized spacial score (nSPS) is 23.4. The second-order valence-electron chi connectivity index (χ2n) is 5.36. The predicted octanol–water partition coefficient (Wildman–Crippen LogP) is 1.31. The van der Waals surface area contributed by atoms with Crippen molar-refractivity contribution in [3.8, 4) is 0 Å². The van der Waals surface area contributed by atoms with Gasteiger partial charge in [-0.15, -0.1) is 0 Å². The Balaban J connectivity index is 2.02. The fourth-order valence-corrected chi connectivity index (χ4v) is 3.11. The van der Waals surface area contributed by atoms with Crippen molar-refractivity contribution in [2.75, 3.05) is 20.8 Å². The van der Waals surface area contributed by atoms with Crippen LogP contribution >= 0.6 is 0 Å². The van der Waals surface area contributed by atoms with Gasteiger partial charge in [-0.2, -0.15) is 0 Å². The minimum atomic E-state index is -0.532. The molecule has 0 atom stereocenters. The molecule has 0 unspecified atom stereocenters. The molecule has 2 rings (SSSR count). The lowest BCUT2D eigenvalue weighted by atomic mass is 9.76. The average molecular weight is 255 g/mol. The van der Waals surface area contributed by atoms with E-state index in [1.807, 2.05) is 0 Å². The van der Waals surface area contributed by atoms with E-state index in [-0.39, 0.29) is 23.8 Å². The largest absolute Gasteiger partial charge is 0.354 e. The average Bonchev–Trinajstić information content (AvgIpc) is 2.77. The highest BCUT2D eigenvalue weighted by Crippen LogP contribution is 2.46. The van der Waals surface area contributed by atoms with Gasteiger partial charge >= 0.3 is 0 Å². The van der Waals surface area contributed by atoms with Gasteiger partial charge in [0.15, 0.2) is 6.29 Å². The summed E-state index contributed by atoms with van der Waals surface area (Å²) in [6.45, 7) is 0.195. The summed E-state index contributed by atoms with van der Waals surface area (Å²) >= 11 is 0. The molecule has 2 aliphatic rings. The number of carbonyl (C=O) groups is 2. The van der Waals surface area contributed by atoms with Crippen LogP contribution in [0, 0.1) is 5.41 Å². The molecule has 0 N–H and O–H groups in total. The number of carbonyl (C=O) groups excluding carboxylic acids is 2. The Morgan fingerprint density at radius 1 is 1.11 bits per heavy atom. The number of nitrogens with zero attached hydrogens (tertiary/aromatic N) is 1. The van der Waals surface area contributed by atoms with Crippen LogP contribution in [-0.4, -0.2) is 43.8 Å². The molecule has 5 nitrogen and oxygen atoms in total. The lowest BCUT2D eigenvalue weighted by Gasteiger charge is -2.38. The zero-order valence-electron chi connectivity index (χ0n) is 11.1. The van der Waals surface area contributed by atoms with Crippen LogP contribution in [0.3, 0.4) is 0 Å². The summed E-state index contributed by atoms with van der Waals surface area (Å²) in [5.41, 5.74) is -0.0414. The van der Waals surface area contributed by atoms with Gasteiger partial charge in [-0.1, -0.05) is 12.8 Å². The van der Waals surface area contributed by atoms with Crippen molar-refractivity contribution in [2.45, 2.75) is 44.8 Å². The summed E-state index contributed by atoms with van der Waals surface area (Å²) in [4.78, 5) is 25.5. The maximum atomic E-state index is 12.1. The zero-order valence-corrected chi connectivity index (χ0v) is 11.1. The molecule has 0 bridgehead atoms. The number of ether oxygens (including phenoxy) is 2. The van der Waals surface area contributed by atoms with Crippen molar-refractivity contribution in [1.29, 1.82) is 0 Å². The molecule has 0 aromatic rings. The zero-order chi connectivity index (χ0) is 13.2. The van der Waals surface area contributed by atoms with Gasteiger partial charge in [0.25, 0.3) is 0 Å². The fourth-order valence-electron chi connectivity index (χ4n) is 3.11. The second kappa shape index (κ2) is 5.36. The summed E-state index contributed by atoms with van der Waals surface area (Å²) in [6.07, 6.45) is 4.76. The van der Waals surface area contributed by atoms with E-state index in [1.54, 1.807) is 0 Å². The molecular formula is C13H21NO4. The van der Waals surface area contributed by atoms with Crippen molar-refractivity contribution in [2.24, 2.45) is 5.41 Å². The number of amides is 2. The van der Waals surface area contributed by atoms with E-state index in [0.717, 1.165) is 25.7 Å². The number of likely N-dealkylation sites (tertiary alicyclic amines) is 1. The lowest BCUT2D eigenvalue weighted by Crippen LogP contribution is -2.50. The van der Waals surface area contributed by atoms with E-state index < -0.39 is 6.29 Å². The third-order valence-electron chi connectivity index (χ3n) is 4.18. The first kappa shape index (κ1) is 13.5. The van der Waals surface area contributed by atoms with Crippen LogP contribution < -0.4 is 0 Å². The van der Waals surface area contributed by atoms with Gasteiger partial charge < -0.3 is 9.47 Å². The second-order valence-corrected chi connectivity index (χ2v) is 5.36. The van der Waals surface area contributed by atoms with Crippen LogP contribution in [0.2, 0.25) is 0 Å². The third kappa shape index (κ3) is 2.57. The van der Waals surface area contributed by atoms with Crippen LogP contribution in [0.4, 0.5) is 0 Å². The first-order chi connectivity index (χ1) is 8.60. The number of hydrogen-bond acceptors (Lipinski definition) is 4. The van der Waals surface area contributed by atoms with Crippen molar-refractivity contribution in [3.63, 3.8) is 0 Å². The fraction of sp³-hybridized carbons (Fsp3) is 0.846. The smallest absolute Gasteiger partial charge is 0.229 e. The molecule has 1 heterocycles. The maximum Gasteiger partial charge on any atom is 0.229 e. The maximum absolute atomic E-state index is 12.1. The van der Waals surface area contributed by atoms with Crippen LogP contribution in [0.15, 0.2) is 0 Å². The predicted molar refractivity (Wildman–Crippen MR) is 64.7 cm³/mol. The number of hydrogen-bond donors (Lipinski definition) is 0. The van der Waals surface area contributed by atoms with Crippen LogP contribution in [-0.2, 0) is 19.1 Å². The summed E-state index contributed by atoms with van der Waals surface area (Å²) in [6, 6.07) is 0. The van der Waals surface area contributed by atoms with Gasteiger partial charge in [0.2, 0.25) is 11.8 Å². The van der Waals surface area contributed by atoms with E-state index in [2.05, 4.69) is 0 Å². The molecule has 0 aromatic heterocycles. The first-order valence-electron chi connectivity index (χ1n) is 6.49. The highest BCUT2D eigenvalue weighted by Gasteiger charge is 2.45. The molecule has 1 spiro atoms. The Hall–Kier alpha value is -0.940. The topological polar surface area (TPSA) is 55.8 Å². The monoisotopic (exact) mass is 255 g/mol. The molecule has 18 heavy (non-hydrogen) atoms. The van der Waals surface area contributed by atoms with E-state index >= 15 is 0 Å². The van der Waals surface area contributed by atoms with Crippen LogP contribution in [0.25, 0.3) is 0 Å². The number of rotatable bonds is 4. The first-order valence-corrected chi connectivity index (χ1v) is 6.49. The molecule has 2 amide bonds. The Morgan fingerprint density at radius 3 is 2.06 bits per heavy atom. The Kier molecular flexibility index (Phi) is 4.02. The minimum Gasteiger partial charge on any atom is -0.354 e. The molecule has 1 aliphatic heterocycles. The highest BCUT2D eigenvalue weighted by atomic mass is 16.7. The summed E-state index contributed by atoms with van der Waals surface area (Å²) < 4.78 is 10.1. The van der Waals surface area contributed by atoms with Gasteiger partial charge in [-0.3, -0.25) is 14.5 Å². The molecular weight excluding hydrogens is 234 g/mol. The van der Waals surface area contributed by atoms with E-state index in [1.165, 1.54) is 19.1 Å². The number of imide groups is 1. The van der Waals surface area contributed by atoms with Crippen molar-refractivity contribution in [1.82, 2.24) is 4.90 Å². The van der Waals surface area contributed by atoms with Gasteiger partial charge in [0.05, 0.1) is 6.54 Å². The number of methoxy groups -OCH3 is 2. The highest BCUT2D eigenvalue weighted by molar-refractivity contribution is 5.98. The Morgan fingerprint density at radius 2 is 1.61 bits per heavy atom. The minimum absolute atomic E-state index is 0.0414. The van der Waals surface area contributed by atoms with Crippen LogP contribution in [0.1, 0.15) is 38.5 Å². The Bertz CT molecular complexity index is 312. The molecule has 2 fully saturated rings. The van der Waals surface area contributed by atoms with E-state index in [9.17, 15) is 9.59 Å². The van der Waals surface area contributed by atoms with Gasteiger partial charge in [0, 0.05) is 27.1 Å². The standard InChI is InChI=1S/C13H21NO4/c1-17-12(18-2)9-14-10(15)7-13(8-11(14)16)5-3-4-6-13/h12H,3-9H2,1-2H3. The summed E-state index contributed by atoms with van der Waals surface area (Å²) in [7, 11) is 3.01. The van der Waals surface area contributed by atoms with Gasteiger partial charge in [-0.25, -0.2) is 0 Å². The van der Waals surface area contributed by atoms with Crippen LogP contribution in [0.5, 0.6) is 0 Å². The lowest BCUT2D eigenvalue weighted by molar-refractivity contribution is -0.165. The van der Waals surface area contributed by atoms with E-state index in [4.69, 9.17) is 9.47 Å². The van der Waals surface area contributed by atoms with Crippen molar-refractivity contribution in [3.05, 3.63) is 0 Å². The molecule has 1 saturated carbocycles. The molecule has 0 radical (unpaired) electrons. The molecule has 1 aliphatic carbocycles. The molecule has 102 valence electrons. The molecule has 0 aromatic carbocycles. The molecule has 1 saturated heterocycles. The third-order valence-corrected chi connectivity index (χ3v) is 4.18. The van der Waals surface area contributed by atoms with E-state index in [0.29, 0.717) is 12.8 Å². The van der Waals surface area contributed by atoms with Gasteiger partial charge in [0.1, 0.15) is 0 Å². The summed E-state index contributed by atoms with van der Waals surface area (Å²) in [5.74, 6) is -0.153. The Labute approximate surface area is 107 Å². The van der Waals surface area contributed by atoms with Crippen molar-refractivity contribution >= 4 is 11.8 Å². The molecule has 5 heteroatoms. The summed E-state index contributed by atoms with van der Waals surface area (Å²) in [5, 5.41) is 0. The van der Waals surface area contributed by atoms with Gasteiger partial charge in [-0.05, 0) is 18.3 Å². The number of piperidine rings is 1. The van der Waals surface area contributed by atoms with Crippen molar-refractivity contribution < 1.29 is 19.1 Å². The quantitative estimate of drug-likeness (QED) is 0.561. The SMILES string of the molecule is COC(CN1C(=O)CC2(CCCC2)CC1=O)OC.